The monoisotopic (exact) mass is 462 g/mol. The van der Waals surface area contributed by atoms with Crippen LogP contribution in [0.25, 0.3) is 32.4 Å². The minimum atomic E-state index is -3.46. The standard InChI is InChI=1S/C24H22N4O4S/c1-5-10-32-23-9-7-18(33(4,30)31)12-21(23)22-15-27(3)24(29)19-8-6-17(11-20(19)22)28-14-16(25-2)13-26-28/h6-9,11-15H,5,10H2,1,3-4H3. The summed E-state index contributed by atoms with van der Waals surface area (Å²) in [5, 5.41) is 5.33. The maximum Gasteiger partial charge on any atom is 0.258 e. The summed E-state index contributed by atoms with van der Waals surface area (Å²) >= 11 is 0. The fraction of sp³-hybridized carbons (Fsp3) is 0.208. The molecule has 9 heteroatoms. The fourth-order valence-corrected chi connectivity index (χ4v) is 4.26. The lowest BCUT2D eigenvalue weighted by Gasteiger charge is -2.16. The van der Waals surface area contributed by atoms with Gasteiger partial charge in [-0.1, -0.05) is 6.92 Å². The number of aryl methyl sites for hydroxylation is 1. The lowest BCUT2D eigenvalue weighted by atomic mass is 9.99. The van der Waals surface area contributed by atoms with Gasteiger partial charge in [0.2, 0.25) is 5.69 Å². The Balaban J connectivity index is 2.04. The zero-order chi connectivity index (χ0) is 23.8. The molecule has 0 bridgehead atoms. The Bertz CT molecular complexity index is 1580. The van der Waals surface area contributed by atoms with Gasteiger partial charge in [-0.15, -0.1) is 0 Å². The fourth-order valence-electron chi connectivity index (χ4n) is 3.61. The molecular weight excluding hydrogens is 440 g/mol. The van der Waals surface area contributed by atoms with E-state index in [0.717, 1.165) is 12.7 Å². The predicted octanol–water partition coefficient (Wildman–Crippen LogP) is 4.13. The van der Waals surface area contributed by atoms with Gasteiger partial charge in [0.25, 0.3) is 5.56 Å². The van der Waals surface area contributed by atoms with Gasteiger partial charge >= 0.3 is 0 Å². The summed E-state index contributed by atoms with van der Waals surface area (Å²) in [4.78, 5) is 16.4. The summed E-state index contributed by atoms with van der Waals surface area (Å²) in [5.41, 5.74) is 2.12. The molecule has 0 radical (unpaired) electrons. The van der Waals surface area contributed by atoms with Gasteiger partial charge in [0.15, 0.2) is 9.84 Å². The first-order valence-electron chi connectivity index (χ1n) is 10.3. The summed E-state index contributed by atoms with van der Waals surface area (Å²) in [6, 6.07) is 10.0. The Morgan fingerprint density at radius 1 is 1.09 bits per heavy atom. The zero-order valence-corrected chi connectivity index (χ0v) is 19.3. The molecular formula is C24H22N4O4S. The van der Waals surface area contributed by atoms with Crippen molar-refractivity contribution in [3.8, 4) is 22.6 Å². The number of ether oxygens (including phenoxy) is 1. The molecule has 0 unspecified atom stereocenters. The number of pyridine rings is 1. The summed E-state index contributed by atoms with van der Waals surface area (Å²) < 4.78 is 33.5. The number of fused-ring (bicyclic) bond motifs is 1. The summed E-state index contributed by atoms with van der Waals surface area (Å²) in [6.45, 7) is 9.61. The van der Waals surface area contributed by atoms with Crippen LogP contribution in [0, 0.1) is 6.57 Å². The second-order valence-corrected chi connectivity index (χ2v) is 9.74. The normalized spacial score (nSPS) is 11.5. The summed E-state index contributed by atoms with van der Waals surface area (Å²) in [6.07, 6.45) is 6.70. The van der Waals surface area contributed by atoms with Crippen molar-refractivity contribution in [2.75, 3.05) is 12.9 Å². The Morgan fingerprint density at radius 3 is 2.55 bits per heavy atom. The quantitative estimate of drug-likeness (QED) is 0.402. The molecule has 2 aromatic heterocycles. The molecule has 0 saturated heterocycles. The van der Waals surface area contributed by atoms with Crippen LogP contribution in [0.4, 0.5) is 5.69 Å². The molecule has 2 heterocycles. The van der Waals surface area contributed by atoms with Crippen LogP contribution in [-0.4, -0.2) is 35.6 Å². The van der Waals surface area contributed by atoms with E-state index in [1.807, 2.05) is 13.0 Å². The number of aromatic nitrogens is 3. The Labute approximate surface area is 191 Å². The third-order valence-electron chi connectivity index (χ3n) is 5.26. The van der Waals surface area contributed by atoms with E-state index in [0.29, 0.717) is 45.6 Å². The molecule has 4 aromatic rings. The number of nitrogens with zero attached hydrogens (tertiary/aromatic N) is 4. The lowest BCUT2D eigenvalue weighted by Crippen LogP contribution is -2.17. The number of sulfone groups is 1. The minimum Gasteiger partial charge on any atom is -0.493 e. The van der Waals surface area contributed by atoms with Gasteiger partial charge in [-0.2, -0.15) is 5.10 Å². The third-order valence-corrected chi connectivity index (χ3v) is 6.37. The molecule has 0 saturated carbocycles. The molecule has 8 nitrogen and oxygen atoms in total. The predicted molar refractivity (Wildman–Crippen MR) is 127 cm³/mol. The number of rotatable bonds is 6. The molecule has 0 N–H and O–H groups in total. The van der Waals surface area contributed by atoms with Crippen molar-refractivity contribution in [2.45, 2.75) is 18.2 Å². The maximum atomic E-state index is 12.9. The highest BCUT2D eigenvalue weighted by atomic mass is 32.2. The van der Waals surface area contributed by atoms with Gasteiger partial charge in [0, 0.05) is 42.2 Å². The van der Waals surface area contributed by atoms with Gasteiger partial charge in [0.05, 0.1) is 30.0 Å². The van der Waals surface area contributed by atoms with Crippen molar-refractivity contribution in [3.05, 3.63) is 76.8 Å². The van der Waals surface area contributed by atoms with Crippen molar-refractivity contribution < 1.29 is 13.2 Å². The molecule has 0 fully saturated rings. The van der Waals surface area contributed by atoms with Crippen molar-refractivity contribution in [1.29, 1.82) is 0 Å². The topological polar surface area (TPSA) is 87.5 Å². The SMILES string of the molecule is [C-]#[N+]c1cnn(-c2ccc3c(=O)n(C)cc(-c4cc(S(C)(=O)=O)ccc4OCCC)c3c2)c1. The molecule has 168 valence electrons. The van der Waals surface area contributed by atoms with E-state index in [-0.39, 0.29) is 10.5 Å². The highest BCUT2D eigenvalue weighted by Crippen LogP contribution is 2.36. The lowest BCUT2D eigenvalue weighted by molar-refractivity contribution is 0.318. The molecule has 2 aromatic carbocycles. The third kappa shape index (κ3) is 4.25. The maximum absolute atomic E-state index is 12.9. The van der Waals surface area contributed by atoms with Crippen LogP contribution in [0.1, 0.15) is 13.3 Å². The minimum absolute atomic E-state index is 0.160. The van der Waals surface area contributed by atoms with Crippen LogP contribution in [0.5, 0.6) is 5.75 Å². The van der Waals surface area contributed by atoms with Gasteiger partial charge in [-0.3, -0.25) is 9.48 Å². The van der Waals surface area contributed by atoms with E-state index in [2.05, 4.69) is 9.94 Å². The second-order valence-electron chi connectivity index (χ2n) is 7.72. The number of benzene rings is 2. The van der Waals surface area contributed by atoms with Crippen LogP contribution >= 0.6 is 0 Å². The van der Waals surface area contributed by atoms with Crippen molar-refractivity contribution in [2.24, 2.45) is 7.05 Å². The Morgan fingerprint density at radius 2 is 1.88 bits per heavy atom. The van der Waals surface area contributed by atoms with Gasteiger partial charge in [-0.05, 0) is 48.2 Å². The average molecular weight is 463 g/mol. The van der Waals surface area contributed by atoms with Gasteiger partial charge in [0.1, 0.15) is 5.75 Å². The summed E-state index contributed by atoms with van der Waals surface area (Å²) in [7, 11) is -1.81. The smallest absolute Gasteiger partial charge is 0.258 e. The number of hydrogen-bond acceptors (Lipinski definition) is 5. The van der Waals surface area contributed by atoms with Crippen LogP contribution in [0.3, 0.4) is 0 Å². The highest BCUT2D eigenvalue weighted by molar-refractivity contribution is 7.90. The first-order chi connectivity index (χ1) is 15.7. The van der Waals surface area contributed by atoms with E-state index < -0.39 is 9.84 Å². The molecule has 0 atom stereocenters. The zero-order valence-electron chi connectivity index (χ0n) is 18.4. The van der Waals surface area contributed by atoms with Gasteiger partial charge in [-0.25, -0.2) is 13.3 Å². The second kappa shape index (κ2) is 8.56. The Kier molecular flexibility index (Phi) is 5.78. The first kappa shape index (κ1) is 22.3. The number of hydrogen-bond donors (Lipinski definition) is 0. The summed E-state index contributed by atoms with van der Waals surface area (Å²) in [5.74, 6) is 0.531. The average Bonchev–Trinajstić information content (AvgIpc) is 3.28. The largest absolute Gasteiger partial charge is 0.493 e. The van der Waals surface area contributed by atoms with E-state index in [1.54, 1.807) is 48.4 Å². The molecule has 4 rings (SSSR count). The molecule has 0 spiro atoms. The van der Waals surface area contributed by atoms with Crippen LogP contribution in [-0.2, 0) is 16.9 Å². The van der Waals surface area contributed by atoms with Crippen molar-refractivity contribution >= 4 is 26.3 Å². The van der Waals surface area contributed by atoms with E-state index >= 15 is 0 Å². The molecule has 33 heavy (non-hydrogen) atoms. The van der Waals surface area contributed by atoms with E-state index in [4.69, 9.17) is 11.3 Å². The molecule has 0 aliphatic heterocycles. The van der Waals surface area contributed by atoms with Crippen LogP contribution in [0.15, 0.2) is 64.7 Å². The molecule has 0 aliphatic rings. The highest BCUT2D eigenvalue weighted by Gasteiger charge is 2.18. The van der Waals surface area contributed by atoms with E-state index in [1.165, 1.54) is 16.8 Å². The molecule has 0 aliphatic carbocycles. The molecule has 0 amide bonds. The van der Waals surface area contributed by atoms with E-state index in [9.17, 15) is 13.2 Å². The van der Waals surface area contributed by atoms with Crippen LogP contribution < -0.4 is 10.3 Å². The van der Waals surface area contributed by atoms with Crippen LogP contribution in [0.2, 0.25) is 0 Å². The Hall–Kier alpha value is -3.90. The van der Waals surface area contributed by atoms with Crippen molar-refractivity contribution in [1.82, 2.24) is 14.3 Å². The first-order valence-corrected chi connectivity index (χ1v) is 12.1. The van der Waals surface area contributed by atoms with Crippen molar-refractivity contribution in [3.63, 3.8) is 0 Å². The van der Waals surface area contributed by atoms with Gasteiger partial charge < -0.3 is 9.30 Å².